The summed E-state index contributed by atoms with van der Waals surface area (Å²) >= 11 is 0. The summed E-state index contributed by atoms with van der Waals surface area (Å²) < 4.78 is 20.5. The number of primary amides is 1. The number of hydrogen-bond donors (Lipinski definition) is 6. The number of rotatable bonds is 14. The summed E-state index contributed by atoms with van der Waals surface area (Å²) in [5, 5.41) is 37.9. The van der Waals surface area contributed by atoms with E-state index >= 15 is 0 Å². The van der Waals surface area contributed by atoms with Gasteiger partial charge in [-0.2, -0.15) is 9.97 Å². The molecule has 1 aliphatic carbocycles. The number of aliphatic hydroxyl groups excluding tert-OH is 2. The molecule has 21 nitrogen and oxygen atoms in total. The Labute approximate surface area is 345 Å². The van der Waals surface area contributed by atoms with Gasteiger partial charge >= 0.3 is 6.09 Å². The number of fused-ring (bicyclic) bond motifs is 4. The molecule has 3 aliphatic rings. The zero-order chi connectivity index (χ0) is 43.1. The van der Waals surface area contributed by atoms with Gasteiger partial charge in [0, 0.05) is 42.7 Å². The number of nitrogens with one attached hydrogen (secondary N) is 2. The number of benzene rings is 2. The van der Waals surface area contributed by atoms with Crippen molar-refractivity contribution in [2.75, 3.05) is 18.5 Å². The van der Waals surface area contributed by atoms with Crippen LogP contribution in [0, 0.1) is 10.1 Å². The molecule has 0 spiro atoms. The van der Waals surface area contributed by atoms with Crippen LogP contribution >= 0.6 is 0 Å². The largest absolute Gasteiger partial charge is 0.476 e. The number of carbonyl (C=O) groups excluding carboxylic acids is 4. The number of aromatic nitrogens is 5. The van der Waals surface area contributed by atoms with Gasteiger partial charge in [0.2, 0.25) is 29.3 Å². The van der Waals surface area contributed by atoms with Crippen LogP contribution in [0.2, 0.25) is 0 Å². The van der Waals surface area contributed by atoms with Crippen LogP contribution in [-0.4, -0.2) is 94.3 Å². The monoisotopic (exact) mass is 836 g/mol. The maximum atomic E-state index is 13.9. The van der Waals surface area contributed by atoms with Crippen LogP contribution in [0.5, 0.6) is 5.88 Å². The maximum Gasteiger partial charge on any atom is 0.404 e. The van der Waals surface area contributed by atoms with Crippen molar-refractivity contribution >= 4 is 46.4 Å². The smallest absolute Gasteiger partial charge is 0.404 e. The van der Waals surface area contributed by atoms with E-state index in [1.807, 2.05) is 6.07 Å². The predicted molar refractivity (Wildman–Crippen MR) is 212 cm³/mol. The number of nitrogens with two attached hydrogens (primary N) is 2. The first-order valence-electron chi connectivity index (χ1n) is 19.2. The molecule has 0 unspecified atom stereocenters. The molecule has 316 valence electrons. The van der Waals surface area contributed by atoms with Crippen LogP contribution in [0.1, 0.15) is 68.8 Å². The number of hydrogen-bond acceptors (Lipinski definition) is 16. The lowest BCUT2D eigenvalue weighted by molar-refractivity contribution is -0.384. The van der Waals surface area contributed by atoms with Crippen molar-refractivity contribution < 1.29 is 48.5 Å². The molecule has 5 aromatic rings. The molecule has 0 saturated carbocycles. The first-order chi connectivity index (χ1) is 29.3. The molecule has 5 atom stereocenters. The highest BCUT2D eigenvalue weighted by Crippen LogP contribution is 2.42. The number of allylic oxidation sites excluding steroid dienone is 2. The van der Waals surface area contributed by atoms with Crippen molar-refractivity contribution in [3.63, 3.8) is 0 Å². The summed E-state index contributed by atoms with van der Waals surface area (Å²) in [6.45, 7) is 0.510. The summed E-state index contributed by atoms with van der Waals surface area (Å²) in [5.74, 6) is -1.59. The number of Topliss-reactive ketones (excluding diaryl/α,β-unsaturated/α-hetero) is 2. The van der Waals surface area contributed by atoms with Crippen molar-refractivity contribution in [1.29, 1.82) is 0 Å². The van der Waals surface area contributed by atoms with Crippen molar-refractivity contribution in [2.24, 2.45) is 11.5 Å². The van der Waals surface area contributed by atoms with Gasteiger partial charge in [-0.1, -0.05) is 42.5 Å². The highest BCUT2D eigenvalue weighted by Gasteiger charge is 2.46. The number of anilines is 1. The third-order valence-corrected chi connectivity index (χ3v) is 11.0. The zero-order valence-corrected chi connectivity index (χ0v) is 32.5. The van der Waals surface area contributed by atoms with Gasteiger partial charge in [-0.3, -0.25) is 29.1 Å². The third kappa shape index (κ3) is 7.72. The first kappa shape index (κ1) is 40.5. The second-order valence-corrected chi connectivity index (χ2v) is 14.8. The fourth-order valence-electron chi connectivity index (χ4n) is 7.94. The van der Waals surface area contributed by atoms with E-state index in [2.05, 4.69) is 20.6 Å². The summed E-state index contributed by atoms with van der Waals surface area (Å²) in [5.41, 5.74) is 13.5. The summed E-state index contributed by atoms with van der Waals surface area (Å²) in [6, 6.07) is 13.2. The normalized spacial score (nSPS) is 20.7. The number of nitro benzene ring substituents is 1. The minimum Gasteiger partial charge on any atom is -0.476 e. The minimum atomic E-state index is -1.14. The summed E-state index contributed by atoms with van der Waals surface area (Å²) in [6.07, 6.45) is -1.93. The highest BCUT2D eigenvalue weighted by atomic mass is 16.6. The Morgan fingerprint density at radius 1 is 1.08 bits per heavy atom. The number of non-ortho nitro benzene ring substituents is 1. The number of imidazole rings is 1. The fraction of sp³-hybridized carbons (Fsp3) is 0.325. The van der Waals surface area contributed by atoms with E-state index in [4.69, 9.17) is 30.7 Å². The molecule has 61 heavy (non-hydrogen) atoms. The average Bonchev–Trinajstić information content (AvgIpc) is 4.00. The average molecular weight is 837 g/mol. The maximum absolute atomic E-state index is 13.9. The lowest BCUT2D eigenvalue weighted by Gasteiger charge is -2.24. The Hall–Kier alpha value is -7.23. The molecule has 8 N–H and O–H groups in total. The predicted octanol–water partition coefficient (Wildman–Crippen LogP) is 1.90. The van der Waals surface area contributed by atoms with Gasteiger partial charge in [0.25, 0.3) is 5.69 Å². The molecule has 5 heterocycles. The van der Waals surface area contributed by atoms with Gasteiger partial charge < -0.3 is 51.1 Å². The van der Waals surface area contributed by atoms with Gasteiger partial charge in [0.05, 0.1) is 66.0 Å². The minimum absolute atomic E-state index is 0.00136. The Kier molecular flexibility index (Phi) is 10.9. The summed E-state index contributed by atoms with van der Waals surface area (Å²) in [7, 11) is 0. The van der Waals surface area contributed by atoms with Gasteiger partial charge in [0.1, 0.15) is 24.6 Å². The van der Waals surface area contributed by atoms with Crippen molar-refractivity contribution in [2.45, 2.75) is 69.9 Å². The van der Waals surface area contributed by atoms with E-state index in [1.165, 1.54) is 25.4 Å². The van der Waals surface area contributed by atoms with Crippen LogP contribution in [0.3, 0.4) is 0 Å². The molecule has 21 heteroatoms. The molecule has 3 aromatic heterocycles. The molecule has 0 radical (unpaired) electrons. The molecule has 1 fully saturated rings. The molecule has 0 bridgehead atoms. The number of ether oxygens (including phenoxy) is 3. The van der Waals surface area contributed by atoms with E-state index in [9.17, 15) is 39.5 Å². The summed E-state index contributed by atoms with van der Waals surface area (Å²) in [4.78, 5) is 77.9. The van der Waals surface area contributed by atoms with Crippen LogP contribution in [0.15, 0.2) is 72.2 Å². The number of nitrogens with zero attached hydrogens (tertiary/aromatic N) is 6. The Morgan fingerprint density at radius 2 is 1.84 bits per heavy atom. The standard InChI is InChI=1S/C40H40N10O11/c1-19-30(41)36(55)29-23(17-60-39(42)56)33-31(24(15-48(33)34(29)35(19)54)44-27(53)13-21-5-3-2-4-6-21)45-40-46-37-32(43-18-49(37)28-14-25(52)26(16-51)61-28)38(47-40)59-12-11-20-7-9-22(10-8-20)50(57)58/h2-10,18,24-26,28,31,51-52H,11-17,41H2,1H3,(H2,42,56)(H,44,53)(H,45,46,47)/t24-,25-,26+,28+,31+/m0/s1. The van der Waals surface area contributed by atoms with Crippen molar-refractivity contribution in [3.05, 3.63) is 116 Å². The van der Waals surface area contributed by atoms with E-state index in [1.54, 1.807) is 45.5 Å². The second-order valence-electron chi connectivity index (χ2n) is 14.8. The van der Waals surface area contributed by atoms with Crippen LogP contribution in [0.25, 0.3) is 11.2 Å². The van der Waals surface area contributed by atoms with Gasteiger partial charge in [-0.25, -0.2) is 9.78 Å². The topological polar surface area (TPSA) is 304 Å². The van der Waals surface area contributed by atoms with E-state index < -0.39 is 66.3 Å². The van der Waals surface area contributed by atoms with Gasteiger partial charge in [-0.05, 0) is 18.1 Å². The van der Waals surface area contributed by atoms with E-state index in [-0.39, 0.29) is 88.7 Å². The van der Waals surface area contributed by atoms with Crippen molar-refractivity contribution in [3.8, 4) is 5.88 Å². The van der Waals surface area contributed by atoms with Crippen LogP contribution < -0.4 is 26.8 Å². The van der Waals surface area contributed by atoms with Gasteiger partial charge in [0.15, 0.2) is 11.2 Å². The SMILES string of the molecule is CC1=C(N)C(=O)c2c(COC(N)=O)c3n(c2C1=O)C[C@H](NC(=O)Cc1ccccc1)[C@H]3Nc1nc(OCCc2ccc([N+](=O)[O-])cc2)c2ncn([C@H]3C[C@H](O)[C@@H](CO)O3)c2n1. The third-order valence-electron chi connectivity index (χ3n) is 11.0. The first-order valence-corrected chi connectivity index (χ1v) is 19.2. The molecule has 8 rings (SSSR count). The van der Waals surface area contributed by atoms with Crippen LogP contribution in [-0.2, 0) is 40.3 Å². The second kappa shape index (κ2) is 16.4. The van der Waals surface area contributed by atoms with Crippen molar-refractivity contribution in [1.82, 2.24) is 29.4 Å². The lowest BCUT2D eigenvalue weighted by atomic mass is 9.89. The molecule has 1 saturated heterocycles. The van der Waals surface area contributed by atoms with E-state index in [0.717, 1.165) is 11.1 Å². The van der Waals surface area contributed by atoms with Gasteiger partial charge in [-0.15, -0.1) is 0 Å². The zero-order valence-electron chi connectivity index (χ0n) is 32.5. The number of amides is 2. The molecular weight excluding hydrogens is 796 g/mol. The highest BCUT2D eigenvalue weighted by molar-refractivity contribution is 6.26. The number of ketones is 2. The number of nitro groups is 1. The quantitative estimate of drug-likeness (QED) is 0.0687. The van der Waals surface area contributed by atoms with Crippen LogP contribution in [0.4, 0.5) is 16.4 Å². The molecule has 2 aliphatic heterocycles. The van der Waals surface area contributed by atoms with E-state index in [0.29, 0.717) is 12.1 Å². The molecule has 2 amide bonds. The Bertz CT molecular complexity index is 2610. The number of aliphatic hydroxyl groups is 2. The fourth-order valence-corrected chi connectivity index (χ4v) is 7.94. The number of carbonyl (C=O) groups is 4. The molecular formula is C40H40N10O11. The molecule has 2 aromatic carbocycles. The lowest BCUT2D eigenvalue weighted by Crippen LogP contribution is -2.42. The Morgan fingerprint density at radius 3 is 2.52 bits per heavy atom. The Balaban J connectivity index is 1.21.